The van der Waals surface area contributed by atoms with Gasteiger partial charge in [-0.15, -0.1) is 0 Å². The van der Waals surface area contributed by atoms with E-state index in [0.717, 1.165) is 0 Å². The minimum atomic E-state index is -0.770. The normalized spacial score (nSPS) is 10.4. The van der Waals surface area contributed by atoms with Crippen molar-refractivity contribution in [2.75, 3.05) is 0 Å². The second-order valence-electron chi connectivity index (χ2n) is 3.13. The molecule has 0 aliphatic rings. The standard InChI is InChI=1S/C10H8N3O2/c11-8(14)5-9-12-7-4-2-1-3-6(7)10(15)13-9/h1-4,11H,5H2,(H,12,13,15). The number of nitrogens with one attached hydrogen (secondary N) is 2. The lowest BCUT2D eigenvalue weighted by atomic mass is 10.2. The maximum Gasteiger partial charge on any atom is 0.280 e. The van der Waals surface area contributed by atoms with Crippen LogP contribution in [0.15, 0.2) is 29.1 Å². The van der Waals surface area contributed by atoms with Crippen molar-refractivity contribution < 1.29 is 4.79 Å². The number of carbonyl (C=O) groups is 1. The van der Waals surface area contributed by atoms with Crippen LogP contribution >= 0.6 is 0 Å². The molecule has 1 amide bonds. The fraction of sp³-hybridized carbons (Fsp3) is 0.100. The van der Waals surface area contributed by atoms with Gasteiger partial charge in [-0.3, -0.25) is 15.3 Å². The Morgan fingerprint density at radius 3 is 2.87 bits per heavy atom. The van der Waals surface area contributed by atoms with E-state index < -0.39 is 5.91 Å². The lowest BCUT2D eigenvalue weighted by Crippen LogP contribution is -2.15. The lowest BCUT2D eigenvalue weighted by molar-refractivity contribution is -0.118. The van der Waals surface area contributed by atoms with Crippen LogP contribution in [0.5, 0.6) is 0 Å². The molecule has 1 heterocycles. The summed E-state index contributed by atoms with van der Waals surface area (Å²) in [6, 6.07) is 6.92. The summed E-state index contributed by atoms with van der Waals surface area (Å²) in [7, 11) is 0. The number of hydrogen-bond acceptors (Lipinski definition) is 3. The molecule has 5 nitrogen and oxygen atoms in total. The molecule has 0 spiro atoms. The zero-order chi connectivity index (χ0) is 10.8. The van der Waals surface area contributed by atoms with Crippen molar-refractivity contribution in [3.05, 3.63) is 40.4 Å². The quantitative estimate of drug-likeness (QED) is 0.758. The molecule has 2 rings (SSSR count). The zero-order valence-corrected chi connectivity index (χ0v) is 7.78. The van der Waals surface area contributed by atoms with E-state index in [2.05, 4.69) is 9.97 Å². The Labute approximate surface area is 84.9 Å². The summed E-state index contributed by atoms with van der Waals surface area (Å²) in [5.41, 5.74) is 7.05. The molecule has 0 aliphatic heterocycles. The maximum absolute atomic E-state index is 11.5. The largest absolute Gasteiger partial charge is 0.343 e. The Bertz CT molecular complexity index is 574. The highest BCUT2D eigenvalue weighted by Crippen LogP contribution is 2.05. The first kappa shape index (κ1) is 9.39. The van der Waals surface area contributed by atoms with E-state index in [9.17, 15) is 9.59 Å². The van der Waals surface area contributed by atoms with Crippen LogP contribution in [0.1, 0.15) is 5.82 Å². The molecule has 1 radical (unpaired) electrons. The van der Waals surface area contributed by atoms with Crippen molar-refractivity contribution in [1.29, 1.82) is 0 Å². The Balaban J connectivity index is 2.62. The SMILES string of the molecule is [NH]C(=O)Cc1nc(=O)c2ccccc2[nH]1. The van der Waals surface area contributed by atoms with Crippen molar-refractivity contribution in [2.24, 2.45) is 0 Å². The molecule has 2 N–H and O–H groups in total. The van der Waals surface area contributed by atoms with E-state index in [4.69, 9.17) is 5.73 Å². The fourth-order valence-corrected chi connectivity index (χ4v) is 1.38. The third kappa shape index (κ3) is 1.85. The van der Waals surface area contributed by atoms with Crippen molar-refractivity contribution in [1.82, 2.24) is 15.7 Å². The van der Waals surface area contributed by atoms with Crippen LogP contribution in [0.4, 0.5) is 0 Å². The van der Waals surface area contributed by atoms with Crippen molar-refractivity contribution >= 4 is 16.8 Å². The summed E-state index contributed by atoms with van der Waals surface area (Å²) in [6.07, 6.45) is -0.167. The number of nitrogens with zero attached hydrogens (tertiary/aromatic N) is 1. The van der Waals surface area contributed by atoms with Gasteiger partial charge in [-0.2, -0.15) is 4.98 Å². The van der Waals surface area contributed by atoms with E-state index in [-0.39, 0.29) is 17.8 Å². The predicted octanol–water partition coefficient (Wildman–Crippen LogP) is 0.275. The molecule has 75 valence electrons. The minimum Gasteiger partial charge on any atom is -0.343 e. The number of fused-ring (bicyclic) bond motifs is 1. The molecular formula is C10H8N3O2. The molecule has 1 aromatic heterocycles. The van der Waals surface area contributed by atoms with Crippen LogP contribution in [0.2, 0.25) is 0 Å². The van der Waals surface area contributed by atoms with Crippen molar-refractivity contribution in [2.45, 2.75) is 6.42 Å². The average molecular weight is 202 g/mol. The molecular weight excluding hydrogens is 194 g/mol. The van der Waals surface area contributed by atoms with Gasteiger partial charge < -0.3 is 4.98 Å². The van der Waals surface area contributed by atoms with Gasteiger partial charge in [0.15, 0.2) is 0 Å². The van der Waals surface area contributed by atoms with E-state index in [1.54, 1.807) is 24.3 Å². The molecule has 0 aliphatic carbocycles. The van der Waals surface area contributed by atoms with Gasteiger partial charge in [-0.05, 0) is 12.1 Å². The first-order valence-corrected chi connectivity index (χ1v) is 4.39. The molecule has 0 saturated heterocycles. The third-order valence-electron chi connectivity index (χ3n) is 2.00. The molecule has 0 saturated carbocycles. The number of carbonyl (C=O) groups excluding carboxylic acids is 1. The average Bonchev–Trinajstić information content (AvgIpc) is 2.16. The zero-order valence-electron chi connectivity index (χ0n) is 7.78. The van der Waals surface area contributed by atoms with Crippen LogP contribution in [-0.2, 0) is 11.2 Å². The third-order valence-corrected chi connectivity index (χ3v) is 2.00. The van der Waals surface area contributed by atoms with Crippen molar-refractivity contribution in [3.63, 3.8) is 0 Å². The van der Waals surface area contributed by atoms with Crippen LogP contribution < -0.4 is 11.3 Å². The topological polar surface area (TPSA) is 86.6 Å². The Kier molecular flexibility index (Phi) is 2.21. The van der Waals surface area contributed by atoms with Gasteiger partial charge in [0.25, 0.3) is 5.56 Å². The monoisotopic (exact) mass is 202 g/mol. The smallest absolute Gasteiger partial charge is 0.280 e. The molecule has 15 heavy (non-hydrogen) atoms. The maximum atomic E-state index is 11.5. The number of aromatic amines is 1. The van der Waals surface area contributed by atoms with Gasteiger partial charge in [0, 0.05) is 0 Å². The summed E-state index contributed by atoms with van der Waals surface area (Å²) < 4.78 is 0. The Morgan fingerprint density at radius 1 is 1.40 bits per heavy atom. The highest BCUT2D eigenvalue weighted by atomic mass is 16.1. The Hall–Kier alpha value is -2.17. The number of hydrogen-bond donors (Lipinski definition) is 1. The first-order chi connectivity index (χ1) is 7.16. The molecule has 2 aromatic rings. The van der Waals surface area contributed by atoms with Crippen LogP contribution in [0, 0.1) is 0 Å². The predicted molar refractivity (Wildman–Crippen MR) is 54.2 cm³/mol. The molecule has 5 heteroatoms. The summed E-state index contributed by atoms with van der Waals surface area (Å²) in [5, 5.41) is 0.485. The number of aromatic nitrogens is 2. The van der Waals surface area contributed by atoms with Gasteiger partial charge in [0.2, 0.25) is 5.91 Å². The van der Waals surface area contributed by atoms with E-state index >= 15 is 0 Å². The van der Waals surface area contributed by atoms with Crippen LogP contribution in [0.25, 0.3) is 10.9 Å². The molecule has 0 bridgehead atoms. The first-order valence-electron chi connectivity index (χ1n) is 4.39. The number of benzene rings is 1. The van der Waals surface area contributed by atoms with Gasteiger partial charge in [-0.25, -0.2) is 0 Å². The fourth-order valence-electron chi connectivity index (χ4n) is 1.38. The van der Waals surface area contributed by atoms with Gasteiger partial charge >= 0.3 is 0 Å². The van der Waals surface area contributed by atoms with Gasteiger partial charge in [0.1, 0.15) is 5.82 Å². The van der Waals surface area contributed by atoms with E-state index in [1.807, 2.05) is 0 Å². The van der Waals surface area contributed by atoms with E-state index in [0.29, 0.717) is 10.9 Å². The lowest BCUT2D eigenvalue weighted by Gasteiger charge is -2.00. The number of amides is 1. The number of para-hydroxylation sites is 1. The summed E-state index contributed by atoms with van der Waals surface area (Å²) in [5.74, 6) is -0.535. The number of H-pyrrole nitrogens is 1. The van der Waals surface area contributed by atoms with E-state index in [1.165, 1.54) is 0 Å². The molecule has 0 fully saturated rings. The molecule has 1 aromatic carbocycles. The van der Waals surface area contributed by atoms with Crippen LogP contribution in [-0.4, -0.2) is 15.9 Å². The molecule has 0 atom stereocenters. The second-order valence-corrected chi connectivity index (χ2v) is 3.13. The minimum absolute atomic E-state index is 0.167. The van der Waals surface area contributed by atoms with Crippen LogP contribution in [0.3, 0.4) is 0 Å². The summed E-state index contributed by atoms with van der Waals surface area (Å²) >= 11 is 0. The summed E-state index contributed by atoms with van der Waals surface area (Å²) in [6.45, 7) is 0. The highest BCUT2D eigenvalue weighted by molar-refractivity contribution is 5.79. The molecule has 0 unspecified atom stereocenters. The summed E-state index contributed by atoms with van der Waals surface area (Å²) in [4.78, 5) is 28.6. The second kappa shape index (κ2) is 3.53. The Morgan fingerprint density at radius 2 is 2.13 bits per heavy atom. The van der Waals surface area contributed by atoms with Gasteiger partial charge in [0.05, 0.1) is 17.3 Å². The number of rotatable bonds is 2. The highest BCUT2D eigenvalue weighted by Gasteiger charge is 2.05. The van der Waals surface area contributed by atoms with Crippen molar-refractivity contribution in [3.8, 4) is 0 Å². The van der Waals surface area contributed by atoms with Gasteiger partial charge in [-0.1, -0.05) is 12.1 Å².